The summed E-state index contributed by atoms with van der Waals surface area (Å²) in [5.41, 5.74) is 1.93. The number of H-pyrrole nitrogens is 1. The van der Waals surface area contributed by atoms with Gasteiger partial charge in [-0.25, -0.2) is 4.79 Å². The molecule has 1 atom stereocenters. The van der Waals surface area contributed by atoms with Gasteiger partial charge >= 0.3 is 5.97 Å². The van der Waals surface area contributed by atoms with Gasteiger partial charge in [0.25, 0.3) is 0 Å². The van der Waals surface area contributed by atoms with Crippen molar-refractivity contribution in [3.63, 3.8) is 0 Å². The summed E-state index contributed by atoms with van der Waals surface area (Å²) in [6, 6.07) is 9.91. The molecular formula is C13H13NO2. The third kappa shape index (κ3) is 1.98. The average molecular weight is 215 g/mol. The van der Waals surface area contributed by atoms with Crippen LogP contribution < -0.4 is 0 Å². The molecule has 2 aromatic rings. The maximum Gasteiger partial charge on any atom is 0.330 e. The molecule has 0 amide bonds. The van der Waals surface area contributed by atoms with Crippen LogP contribution in [0.2, 0.25) is 0 Å². The molecule has 3 nitrogen and oxygen atoms in total. The Balaban J connectivity index is 2.26. The molecule has 1 aromatic heterocycles. The Morgan fingerprint density at radius 1 is 1.50 bits per heavy atom. The van der Waals surface area contributed by atoms with Crippen molar-refractivity contribution < 1.29 is 9.53 Å². The van der Waals surface area contributed by atoms with Gasteiger partial charge in [0.05, 0.1) is 5.69 Å². The van der Waals surface area contributed by atoms with Crippen LogP contribution in [0.5, 0.6) is 0 Å². The van der Waals surface area contributed by atoms with Gasteiger partial charge in [-0.2, -0.15) is 0 Å². The smallest absolute Gasteiger partial charge is 0.330 e. The fraction of sp³-hybridized carbons (Fsp3) is 0.154. The number of para-hydroxylation sites is 1. The van der Waals surface area contributed by atoms with E-state index in [4.69, 9.17) is 4.74 Å². The van der Waals surface area contributed by atoms with E-state index in [9.17, 15) is 4.79 Å². The lowest BCUT2D eigenvalue weighted by Gasteiger charge is -2.09. The second-order valence-electron chi connectivity index (χ2n) is 3.60. The molecule has 0 aliphatic rings. The predicted octanol–water partition coefficient (Wildman–Crippen LogP) is 2.96. The van der Waals surface area contributed by atoms with Gasteiger partial charge in [-0.05, 0) is 24.4 Å². The minimum absolute atomic E-state index is 0.294. The molecule has 16 heavy (non-hydrogen) atoms. The maximum absolute atomic E-state index is 11.1. The summed E-state index contributed by atoms with van der Waals surface area (Å²) in [5.74, 6) is -0.411. The van der Waals surface area contributed by atoms with Gasteiger partial charge in [0, 0.05) is 11.6 Å². The highest BCUT2D eigenvalue weighted by Gasteiger charge is 2.11. The Hall–Kier alpha value is -2.03. The molecular weight excluding hydrogens is 202 g/mol. The van der Waals surface area contributed by atoms with E-state index in [1.165, 1.54) is 6.08 Å². The van der Waals surface area contributed by atoms with Crippen LogP contribution >= 0.6 is 0 Å². The molecule has 2 rings (SSSR count). The second kappa shape index (κ2) is 4.23. The number of fused-ring (bicyclic) bond motifs is 1. The second-order valence-corrected chi connectivity index (χ2v) is 3.60. The topological polar surface area (TPSA) is 42.1 Å². The summed E-state index contributed by atoms with van der Waals surface area (Å²) < 4.78 is 5.13. The van der Waals surface area contributed by atoms with Crippen molar-refractivity contribution in [2.45, 2.75) is 13.0 Å². The summed E-state index contributed by atoms with van der Waals surface area (Å²) in [6.07, 6.45) is 0.872. The van der Waals surface area contributed by atoms with Crippen molar-refractivity contribution >= 4 is 16.9 Å². The summed E-state index contributed by atoms with van der Waals surface area (Å²) in [5, 5.41) is 1.11. The zero-order valence-electron chi connectivity index (χ0n) is 9.07. The van der Waals surface area contributed by atoms with E-state index in [0.29, 0.717) is 0 Å². The highest BCUT2D eigenvalue weighted by atomic mass is 16.5. The van der Waals surface area contributed by atoms with Gasteiger partial charge in [0.15, 0.2) is 0 Å². The van der Waals surface area contributed by atoms with Crippen LogP contribution in [0.4, 0.5) is 0 Å². The first-order valence-corrected chi connectivity index (χ1v) is 5.11. The number of ether oxygens (including phenoxy) is 1. The van der Waals surface area contributed by atoms with Crippen LogP contribution in [0.15, 0.2) is 43.0 Å². The van der Waals surface area contributed by atoms with Gasteiger partial charge < -0.3 is 9.72 Å². The molecule has 0 spiro atoms. The Bertz CT molecular complexity index is 494. The number of carbonyl (C=O) groups is 1. The zero-order valence-corrected chi connectivity index (χ0v) is 9.07. The first kappa shape index (κ1) is 10.5. The van der Waals surface area contributed by atoms with Crippen molar-refractivity contribution in [3.8, 4) is 0 Å². The number of aromatic amines is 1. The number of benzene rings is 1. The molecule has 82 valence electrons. The van der Waals surface area contributed by atoms with Crippen LogP contribution in [-0.2, 0) is 9.53 Å². The largest absolute Gasteiger partial charge is 0.453 e. The van der Waals surface area contributed by atoms with Gasteiger partial charge in [0.2, 0.25) is 0 Å². The van der Waals surface area contributed by atoms with Gasteiger partial charge in [-0.3, -0.25) is 0 Å². The highest BCUT2D eigenvalue weighted by molar-refractivity contribution is 5.82. The Morgan fingerprint density at radius 2 is 2.25 bits per heavy atom. The minimum Gasteiger partial charge on any atom is -0.453 e. The number of hydrogen-bond acceptors (Lipinski definition) is 2. The Morgan fingerprint density at radius 3 is 2.94 bits per heavy atom. The third-order valence-electron chi connectivity index (χ3n) is 2.45. The van der Waals surface area contributed by atoms with Crippen LogP contribution in [0.25, 0.3) is 10.9 Å². The number of carbonyl (C=O) groups excluding carboxylic acids is 1. The van der Waals surface area contributed by atoms with Crippen molar-refractivity contribution in [3.05, 3.63) is 48.7 Å². The molecule has 0 fully saturated rings. The normalized spacial score (nSPS) is 12.3. The number of esters is 1. The van der Waals surface area contributed by atoms with E-state index in [1.54, 1.807) is 0 Å². The van der Waals surface area contributed by atoms with E-state index >= 15 is 0 Å². The third-order valence-corrected chi connectivity index (χ3v) is 2.45. The lowest BCUT2D eigenvalue weighted by Crippen LogP contribution is -2.05. The van der Waals surface area contributed by atoms with E-state index < -0.39 is 5.97 Å². The van der Waals surface area contributed by atoms with Crippen molar-refractivity contribution in [2.75, 3.05) is 0 Å². The SMILES string of the molecule is C=CC(=O)OC(C)c1cc2ccccc2[nH]1. The number of rotatable bonds is 3. The van der Waals surface area contributed by atoms with E-state index in [-0.39, 0.29) is 6.10 Å². The van der Waals surface area contributed by atoms with Crippen LogP contribution in [-0.4, -0.2) is 11.0 Å². The first-order chi connectivity index (χ1) is 7.70. The summed E-state index contributed by atoms with van der Waals surface area (Å²) in [6.45, 7) is 5.19. The van der Waals surface area contributed by atoms with Gasteiger partial charge in [-0.1, -0.05) is 24.8 Å². The number of aromatic nitrogens is 1. The minimum atomic E-state index is -0.411. The number of nitrogens with one attached hydrogen (secondary N) is 1. The van der Waals surface area contributed by atoms with Crippen molar-refractivity contribution in [2.24, 2.45) is 0 Å². The molecule has 0 saturated carbocycles. The van der Waals surface area contributed by atoms with E-state index in [0.717, 1.165) is 16.6 Å². The molecule has 1 heterocycles. The lowest BCUT2D eigenvalue weighted by molar-refractivity contribution is -0.142. The Kier molecular flexibility index (Phi) is 2.77. The van der Waals surface area contributed by atoms with Crippen molar-refractivity contribution in [1.29, 1.82) is 0 Å². The monoisotopic (exact) mass is 215 g/mol. The van der Waals surface area contributed by atoms with E-state index in [2.05, 4.69) is 11.6 Å². The fourth-order valence-corrected chi connectivity index (χ4v) is 1.60. The summed E-state index contributed by atoms with van der Waals surface area (Å²) >= 11 is 0. The molecule has 0 bridgehead atoms. The van der Waals surface area contributed by atoms with E-state index in [1.807, 2.05) is 37.3 Å². The van der Waals surface area contributed by atoms with Crippen LogP contribution in [0.3, 0.4) is 0 Å². The molecule has 1 unspecified atom stereocenters. The summed E-state index contributed by atoms with van der Waals surface area (Å²) in [7, 11) is 0. The van der Waals surface area contributed by atoms with Crippen LogP contribution in [0.1, 0.15) is 18.7 Å². The van der Waals surface area contributed by atoms with Gasteiger partial charge in [-0.15, -0.1) is 0 Å². The summed E-state index contributed by atoms with van der Waals surface area (Å²) in [4.78, 5) is 14.3. The molecule has 3 heteroatoms. The quantitative estimate of drug-likeness (QED) is 0.631. The fourth-order valence-electron chi connectivity index (χ4n) is 1.60. The first-order valence-electron chi connectivity index (χ1n) is 5.11. The zero-order chi connectivity index (χ0) is 11.5. The van der Waals surface area contributed by atoms with Gasteiger partial charge in [0.1, 0.15) is 6.10 Å². The molecule has 1 N–H and O–H groups in total. The Labute approximate surface area is 93.7 Å². The molecule has 0 aliphatic heterocycles. The highest BCUT2D eigenvalue weighted by Crippen LogP contribution is 2.21. The number of hydrogen-bond donors (Lipinski definition) is 1. The van der Waals surface area contributed by atoms with Crippen LogP contribution in [0, 0.1) is 0 Å². The predicted molar refractivity (Wildman–Crippen MR) is 63.0 cm³/mol. The maximum atomic E-state index is 11.1. The standard InChI is InChI=1S/C13H13NO2/c1-3-13(15)16-9(2)12-8-10-6-4-5-7-11(10)14-12/h3-9,14H,1H2,2H3. The molecule has 1 aromatic carbocycles. The molecule has 0 saturated heterocycles. The average Bonchev–Trinajstić information content (AvgIpc) is 2.72. The molecule has 0 aliphatic carbocycles. The molecule has 0 radical (unpaired) electrons. The lowest BCUT2D eigenvalue weighted by atomic mass is 10.2. The van der Waals surface area contributed by atoms with Crippen molar-refractivity contribution in [1.82, 2.24) is 4.98 Å².